The highest BCUT2D eigenvalue weighted by Crippen LogP contribution is 2.33. The maximum absolute atomic E-state index is 13.4. The summed E-state index contributed by atoms with van der Waals surface area (Å²) in [6.07, 6.45) is 6.24. The summed E-state index contributed by atoms with van der Waals surface area (Å²) >= 11 is 3.63. The van der Waals surface area contributed by atoms with Gasteiger partial charge in [-0.1, -0.05) is 12.1 Å². The number of nitrogens with zero attached hydrogens (tertiary/aromatic N) is 3. The lowest BCUT2D eigenvalue weighted by Crippen LogP contribution is -2.38. The second-order valence-corrected chi connectivity index (χ2v) is 8.50. The Bertz CT molecular complexity index is 1040. The third-order valence-electron chi connectivity index (χ3n) is 5.92. The number of piperidine rings is 1. The van der Waals surface area contributed by atoms with Gasteiger partial charge in [0.15, 0.2) is 0 Å². The summed E-state index contributed by atoms with van der Waals surface area (Å²) < 4.78 is 1.07. The second kappa shape index (κ2) is 7.24. The number of nitrogens with one attached hydrogen (secondary N) is 1. The summed E-state index contributed by atoms with van der Waals surface area (Å²) in [5.74, 6) is 0.934. The molecule has 1 saturated heterocycles. The van der Waals surface area contributed by atoms with Gasteiger partial charge in [-0.05, 0) is 53.4 Å². The molecule has 3 aromatic rings. The first-order valence-electron chi connectivity index (χ1n) is 9.99. The monoisotopic (exact) mass is 438 g/mol. The van der Waals surface area contributed by atoms with Crippen LogP contribution in [0.25, 0.3) is 10.9 Å². The van der Waals surface area contributed by atoms with Crippen molar-refractivity contribution in [2.45, 2.75) is 32.2 Å². The molecule has 2 aromatic heterocycles. The number of carbonyl (C=O) groups is 1. The number of hydrogen-bond acceptors (Lipinski definition) is 3. The summed E-state index contributed by atoms with van der Waals surface area (Å²) in [4.78, 5) is 25.8. The lowest BCUT2D eigenvalue weighted by molar-refractivity contribution is 0.0735. The Morgan fingerprint density at radius 1 is 1.07 bits per heavy atom. The minimum absolute atomic E-state index is 0.0867. The number of carbonyl (C=O) groups excluding carboxylic acids is 1. The van der Waals surface area contributed by atoms with Crippen molar-refractivity contribution in [2.24, 2.45) is 0 Å². The number of H-pyrrole nitrogens is 1. The Balaban J connectivity index is 1.46. The number of hydrogen-bond donors (Lipinski definition) is 1. The van der Waals surface area contributed by atoms with E-state index in [0.29, 0.717) is 6.54 Å². The average molecular weight is 439 g/mol. The van der Waals surface area contributed by atoms with Gasteiger partial charge < -0.3 is 14.8 Å². The van der Waals surface area contributed by atoms with Crippen LogP contribution in [0.1, 0.15) is 40.9 Å². The first kappa shape index (κ1) is 17.7. The molecule has 0 radical (unpaired) electrons. The van der Waals surface area contributed by atoms with E-state index in [-0.39, 0.29) is 5.91 Å². The van der Waals surface area contributed by atoms with Gasteiger partial charge in [-0.15, -0.1) is 0 Å². The van der Waals surface area contributed by atoms with Gasteiger partial charge in [0.25, 0.3) is 5.91 Å². The molecule has 2 aliphatic rings. The number of amides is 1. The Morgan fingerprint density at radius 3 is 2.79 bits per heavy atom. The third-order valence-corrected chi connectivity index (χ3v) is 6.58. The van der Waals surface area contributed by atoms with Crippen LogP contribution in [-0.2, 0) is 13.0 Å². The van der Waals surface area contributed by atoms with Crippen LogP contribution in [0.15, 0.2) is 41.0 Å². The van der Waals surface area contributed by atoms with E-state index >= 15 is 0 Å². The molecule has 0 spiro atoms. The second-order valence-electron chi connectivity index (χ2n) is 7.64. The molecule has 5 nitrogen and oxygen atoms in total. The third kappa shape index (κ3) is 3.00. The van der Waals surface area contributed by atoms with Crippen molar-refractivity contribution in [3.8, 4) is 0 Å². The van der Waals surface area contributed by atoms with E-state index in [1.807, 2.05) is 23.1 Å². The molecule has 0 saturated carbocycles. The Hall–Kier alpha value is -2.34. The van der Waals surface area contributed by atoms with Crippen molar-refractivity contribution in [2.75, 3.05) is 24.5 Å². The van der Waals surface area contributed by atoms with Crippen molar-refractivity contribution in [3.63, 3.8) is 0 Å². The van der Waals surface area contributed by atoms with Crippen LogP contribution >= 0.6 is 15.9 Å². The highest BCUT2D eigenvalue weighted by atomic mass is 79.9. The standard InChI is InChI=1S/C22H23BrN4O/c23-18-8-4-6-15-17-14-27(13-9-19(17)25-20(15)18)22(28)16-7-5-10-24-21(16)26-11-2-1-3-12-26/h4-8,10,25H,1-3,9,11-14H2. The molecule has 1 fully saturated rings. The lowest BCUT2D eigenvalue weighted by Gasteiger charge is -2.31. The van der Waals surface area contributed by atoms with Gasteiger partial charge in [0.1, 0.15) is 5.82 Å². The van der Waals surface area contributed by atoms with Crippen molar-refractivity contribution in [1.29, 1.82) is 0 Å². The number of fused-ring (bicyclic) bond motifs is 3. The molecule has 0 aliphatic carbocycles. The van der Waals surface area contributed by atoms with Gasteiger partial charge in [0.2, 0.25) is 0 Å². The molecule has 2 aliphatic heterocycles. The number of pyridine rings is 1. The van der Waals surface area contributed by atoms with Crippen LogP contribution in [0.3, 0.4) is 0 Å². The summed E-state index contributed by atoms with van der Waals surface area (Å²) in [7, 11) is 0. The van der Waals surface area contributed by atoms with E-state index < -0.39 is 0 Å². The lowest BCUT2D eigenvalue weighted by atomic mass is 10.0. The van der Waals surface area contributed by atoms with Gasteiger partial charge in [-0.25, -0.2) is 4.98 Å². The van der Waals surface area contributed by atoms with E-state index in [1.54, 1.807) is 6.20 Å². The van der Waals surface area contributed by atoms with E-state index in [2.05, 4.69) is 42.9 Å². The Labute approximate surface area is 172 Å². The number of rotatable bonds is 2. The fourth-order valence-electron chi connectivity index (χ4n) is 4.47. The number of aromatic amines is 1. The molecule has 4 heterocycles. The van der Waals surface area contributed by atoms with Crippen LogP contribution in [0.2, 0.25) is 0 Å². The van der Waals surface area contributed by atoms with Gasteiger partial charge >= 0.3 is 0 Å². The van der Waals surface area contributed by atoms with Gasteiger partial charge in [-0.3, -0.25) is 4.79 Å². The van der Waals surface area contributed by atoms with E-state index in [1.165, 1.54) is 35.9 Å². The largest absolute Gasteiger partial charge is 0.357 e. The smallest absolute Gasteiger partial charge is 0.257 e. The molecule has 5 rings (SSSR count). The van der Waals surface area contributed by atoms with Crippen molar-refractivity contribution in [3.05, 3.63) is 57.8 Å². The van der Waals surface area contributed by atoms with Crippen LogP contribution in [-0.4, -0.2) is 40.4 Å². The van der Waals surface area contributed by atoms with E-state index in [9.17, 15) is 4.79 Å². The fourth-order valence-corrected chi connectivity index (χ4v) is 4.93. The van der Waals surface area contributed by atoms with E-state index in [4.69, 9.17) is 0 Å². The summed E-state index contributed by atoms with van der Waals surface area (Å²) in [5, 5.41) is 1.20. The fraction of sp³-hybridized carbons (Fsp3) is 0.364. The van der Waals surface area contributed by atoms with Crippen LogP contribution in [0.4, 0.5) is 5.82 Å². The van der Waals surface area contributed by atoms with Gasteiger partial charge in [0.05, 0.1) is 11.1 Å². The maximum Gasteiger partial charge on any atom is 0.257 e. The molecule has 0 unspecified atom stereocenters. The summed E-state index contributed by atoms with van der Waals surface area (Å²) in [6, 6.07) is 10.0. The van der Waals surface area contributed by atoms with Crippen molar-refractivity contribution >= 4 is 38.6 Å². The maximum atomic E-state index is 13.4. The van der Waals surface area contributed by atoms with Crippen molar-refractivity contribution in [1.82, 2.24) is 14.9 Å². The molecule has 6 heteroatoms. The first-order valence-corrected chi connectivity index (χ1v) is 10.8. The molecule has 1 amide bonds. The molecular formula is C22H23BrN4O. The molecule has 144 valence electrons. The molecule has 0 atom stereocenters. The molecular weight excluding hydrogens is 416 g/mol. The van der Waals surface area contributed by atoms with Gasteiger partial charge in [-0.2, -0.15) is 0 Å². The van der Waals surface area contributed by atoms with E-state index in [0.717, 1.165) is 47.4 Å². The molecule has 1 aromatic carbocycles. The molecule has 28 heavy (non-hydrogen) atoms. The molecule has 0 bridgehead atoms. The Kier molecular flexibility index (Phi) is 4.59. The predicted octanol–water partition coefficient (Wildman–Crippen LogP) is 4.51. The zero-order chi connectivity index (χ0) is 19.1. The number of benzene rings is 1. The first-order chi connectivity index (χ1) is 13.7. The van der Waals surface area contributed by atoms with Crippen LogP contribution in [0.5, 0.6) is 0 Å². The number of aromatic nitrogens is 2. The number of para-hydroxylation sites is 1. The summed E-state index contributed by atoms with van der Waals surface area (Å²) in [6.45, 7) is 3.33. The highest BCUT2D eigenvalue weighted by Gasteiger charge is 2.28. The number of halogens is 1. The zero-order valence-corrected chi connectivity index (χ0v) is 17.3. The Morgan fingerprint density at radius 2 is 1.93 bits per heavy atom. The minimum Gasteiger partial charge on any atom is -0.357 e. The quantitative estimate of drug-likeness (QED) is 0.639. The topological polar surface area (TPSA) is 52.2 Å². The zero-order valence-electron chi connectivity index (χ0n) is 15.7. The van der Waals surface area contributed by atoms with Gasteiger partial charge in [0, 0.05) is 59.9 Å². The normalized spacial score (nSPS) is 17.0. The predicted molar refractivity (Wildman–Crippen MR) is 115 cm³/mol. The average Bonchev–Trinajstić information content (AvgIpc) is 3.13. The SMILES string of the molecule is O=C(c1cccnc1N1CCCCC1)N1CCc2[nH]c3c(Br)cccc3c2C1. The minimum atomic E-state index is 0.0867. The molecule has 1 N–H and O–H groups in total. The number of anilines is 1. The van der Waals surface area contributed by atoms with Crippen LogP contribution in [0, 0.1) is 0 Å². The van der Waals surface area contributed by atoms with Crippen molar-refractivity contribution < 1.29 is 4.79 Å². The highest BCUT2D eigenvalue weighted by molar-refractivity contribution is 9.10. The van der Waals surface area contributed by atoms with Crippen LogP contribution < -0.4 is 4.90 Å². The summed E-state index contributed by atoms with van der Waals surface area (Å²) in [5.41, 5.74) is 4.33.